The van der Waals surface area contributed by atoms with Crippen molar-refractivity contribution in [2.75, 3.05) is 7.05 Å². The molecule has 1 aliphatic rings. The molecule has 2 heteroatoms. The van der Waals surface area contributed by atoms with Gasteiger partial charge in [-0.2, -0.15) is 0 Å². The Bertz CT molecular complexity index is 359. The fourth-order valence-electron chi connectivity index (χ4n) is 2.45. The van der Waals surface area contributed by atoms with Crippen molar-refractivity contribution >= 4 is 0 Å². The lowest BCUT2D eigenvalue weighted by atomic mass is 9.96. The molecule has 0 heterocycles. The van der Waals surface area contributed by atoms with Crippen LogP contribution in [-0.2, 0) is 5.54 Å². The lowest BCUT2D eigenvalue weighted by Gasteiger charge is -2.20. The summed E-state index contributed by atoms with van der Waals surface area (Å²) in [5.74, 6) is -0.104. The molecule has 1 saturated carbocycles. The van der Waals surface area contributed by atoms with Crippen molar-refractivity contribution < 1.29 is 4.39 Å². The van der Waals surface area contributed by atoms with E-state index in [0.717, 1.165) is 12.0 Å². The van der Waals surface area contributed by atoms with Crippen LogP contribution in [0.15, 0.2) is 24.3 Å². The summed E-state index contributed by atoms with van der Waals surface area (Å²) in [6, 6.07) is 7.03. The topological polar surface area (TPSA) is 12.0 Å². The maximum atomic E-state index is 13.6. The van der Waals surface area contributed by atoms with Gasteiger partial charge in [-0.15, -0.1) is 0 Å². The largest absolute Gasteiger partial charge is 0.310 e. The molecule has 1 aromatic carbocycles. The molecule has 1 atom stereocenters. The molecule has 1 nitrogen and oxygen atoms in total. The summed E-state index contributed by atoms with van der Waals surface area (Å²) in [5.41, 5.74) is 0.801. The van der Waals surface area contributed by atoms with Gasteiger partial charge in [0.1, 0.15) is 5.82 Å². The molecule has 14 heavy (non-hydrogen) atoms. The van der Waals surface area contributed by atoms with Gasteiger partial charge in [0, 0.05) is 5.56 Å². The number of hydrogen-bond donors (Lipinski definition) is 1. The molecule has 76 valence electrons. The molecule has 1 aliphatic carbocycles. The molecule has 0 amide bonds. The SMILES string of the molecule is CNC1(c2ccccc2F)CC1(C)C. The van der Waals surface area contributed by atoms with Crippen LogP contribution in [0, 0.1) is 11.2 Å². The van der Waals surface area contributed by atoms with Crippen LogP contribution in [0.2, 0.25) is 0 Å². The van der Waals surface area contributed by atoms with Gasteiger partial charge in [0.15, 0.2) is 0 Å². The van der Waals surface area contributed by atoms with Crippen molar-refractivity contribution in [2.24, 2.45) is 5.41 Å². The second-order valence-electron chi connectivity index (χ2n) is 4.70. The number of halogens is 1. The molecule has 0 aromatic heterocycles. The van der Waals surface area contributed by atoms with Crippen LogP contribution in [0.3, 0.4) is 0 Å². The summed E-state index contributed by atoms with van der Waals surface area (Å²) in [5, 5.41) is 3.26. The Labute approximate surface area is 84.3 Å². The molecule has 0 aliphatic heterocycles. The van der Waals surface area contributed by atoms with E-state index in [0.29, 0.717) is 0 Å². The van der Waals surface area contributed by atoms with Gasteiger partial charge in [0.25, 0.3) is 0 Å². The lowest BCUT2D eigenvalue weighted by molar-refractivity contribution is 0.422. The molecule has 0 radical (unpaired) electrons. The second kappa shape index (κ2) is 2.80. The number of benzene rings is 1. The minimum absolute atomic E-state index is 0.104. The Morgan fingerprint density at radius 2 is 1.86 bits per heavy atom. The molecule has 1 N–H and O–H groups in total. The van der Waals surface area contributed by atoms with E-state index >= 15 is 0 Å². The van der Waals surface area contributed by atoms with Crippen molar-refractivity contribution in [1.29, 1.82) is 0 Å². The fraction of sp³-hybridized carbons (Fsp3) is 0.500. The van der Waals surface area contributed by atoms with E-state index < -0.39 is 0 Å². The van der Waals surface area contributed by atoms with Gasteiger partial charge in [0.05, 0.1) is 5.54 Å². The van der Waals surface area contributed by atoms with E-state index in [1.54, 1.807) is 6.07 Å². The summed E-state index contributed by atoms with van der Waals surface area (Å²) in [7, 11) is 1.90. The van der Waals surface area contributed by atoms with Gasteiger partial charge in [-0.05, 0) is 24.9 Å². The highest BCUT2D eigenvalue weighted by molar-refractivity contribution is 5.36. The van der Waals surface area contributed by atoms with Gasteiger partial charge >= 0.3 is 0 Å². The number of hydrogen-bond acceptors (Lipinski definition) is 1. The second-order valence-corrected chi connectivity index (χ2v) is 4.70. The highest BCUT2D eigenvalue weighted by Crippen LogP contribution is 2.62. The summed E-state index contributed by atoms with van der Waals surface area (Å²) in [6.45, 7) is 4.33. The van der Waals surface area contributed by atoms with Gasteiger partial charge in [-0.1, -0.05) is 32.0 Å². The molecule has 0 spiro atoms. The predicted octanol–water partition coefficient (Wildman–Crippen LogP) is 2.67. The molecular weight excluding hydrogens is 177 g/mol. The highest BCUT2D eigenvalue weighted by Gasteiger charge is 2.62. The minimum Gasteiger partial charge on any atom is -0.310 e. The van der Waals surface area contributed by atoms with E-state index in [1.165, 1.54) is 6.07 Å². The minimum atomic E-state index is -0.154. The first-order valence-electron chi connectivity index (χ1n) is 4.97. The Morgan fingerprint density at radius 3 is 2.29 bits per heavy atom. The Morgan fingerprint density at radius 1 is 1.29 bits per heavy atom. The smallest absolute Gasteiger partial charge is 0.128 e. The molecule has 0 bridgehead atoms. The summed E-state index contributed by atoms with van der Waals surface area (Å²) < 4.78 is 13.6. The van der Waals surface area contributed by atoms with E-state index in [-0.39, 0.29) is 16.8 Å². The maximum Gasteiger partial charge on any atom is 0.128 e. The third-order valence-electron chi connectivity index (χ3n) is 3.50. The van der Waals surface area contributed by atoms with E-state index in [2.05, 4.69) is 19.2 Å². The average molecular weight is 193 g/mol. The lowest BCUT2D eigenvalue weighted by Crippen LogP contribution is -2.30. The normalized spacial score (nSPS) is 28.9. The molecule has 0 saturated heterocycles. The fourth-order valence-corrected chi connectivity index (χ4v) is 2.45. The Kier molecular flexibility index (Phi) is 1.93. The monoisotopic (exact) mass is 193 g/mol. The standard InChI is InChI=1S/C12H16FN/c1-11(2)8-12(11,14-3)9-6-4-5-7-10(9)13/h4-7,14H,8H2,1-3H3. The van der Waals surface area contributed by atoms with Gasteiger partial charge in [0.2, 0.25) is 0 Å². The van der Waals surface area contributed by atoms with Crippen LogP contribution in [0.1, 0.15) is 25.8 Å². The third-order valence-corrected chi connectivity index (χ3v) is 3.50. The summed E-state index contributed by atoms with van der Waals surface area (Å²) in [6.07, 6.45) is 0.997. The van der Waals surface area contributed by atoms with Crippen LogP contribution in [0.5, 0.6) is 0 Å². The Balaban J connectivity index is 2.46. The van der Waals surface area contributed by atoms with Crippen molar-refractivity contribution in [3.8, 4) is 0 Å². The number of rotatable bonds is 2. The van der Waals surface area contributed by atoms with Crippen molar-refractivity contribution in [2.45, 2.75) is 25.8 Å². The van der Waals surface area contributed by atoms with E-state index in [4.69, 9.17) is 0 Å². The summed E-state index contributed by atoms with van der Waals surface area (Å²) in [4.78, 5) is 0. The van der Waals surface area contributed by atoms with Crippen LogP contribution < -0.4 is 5.32 Å². The average Bonchev–Trinajstić information content (AvgIpc) is 2.70. The van der Waals surface area contributed by atoms with Crippen LogP contribution >= 0.6 is 0 Å². The van der Waals surface area contributed by atoms with E-state index in [1.807, 2.05) is 19.2 Å². The maximum absolute atomic E-state index is 13.6. The molecular formula is C12H16FN. The van der Waals surface area contributed by atoms with Crippen molar-refractivity contribution in [3.05, 3.63) is 35.6 Å². The van der Waals surface area contributed by atoms with E-state index in [9.17, 15) is 4.39 Å². The Hall–Kier alpha value is -0.890. The van der Waals surface area contributed by atoms with Crippen molar-refractivity contribution in [3.63, 3.8) is 0 Å². The van der Waals surface area contributed by atoms with Crippen LogP contribution in [-0.4, -0.2) is 7.05 Å². The van der Waals surface area contributed by atoms with Crippen molar-refractivity contribution in [1.82, 2.24) is 5.32 Å². The zero-order valence-electron chi connectivity index (χ0n) is 8.89. The first-order chi connectivity index (χ1) is 6.53. The highest BCUT2D eigenvalue weighted by atomic mass is 19.1. The van der Waals surface area contributed by atoms with Crippen LogP contribution in [0.4, 0.5) is 4.39 Å². The van der Waals surface area contributed by atoms with Crippen LogP contribution in [0.25, 0.3) is 0 Å². The molecule has 1 aromatic rings. The third kappa shape index (κ3) is 1.10. The molecule has 2 rings (SSSR count). The van der Waals surface area contributed by atoms with Gasteiger partial charge in [-0.3, -0.25) is 0 Å². The van der Waals surface area contributed by atoms with Gasteiger partial charge in [-0.25, -0.2) is 4.39 Å². The predicted molar refractivity (Wildman–Crippen MR) is 55.5 cm³/mol. The summed E-state index contributed by atoms with van der Waals surface area (Å²) >= 11 is 0. The zero-order valence-corrected chi connectivity index (χ0v) is 8.89. The molecule has 1 unspecified atom stereocenters. The van der Waals surface area contributed by atoms with Gasteiger partial charge < -0.3 is 5.32 Å². The first kappa shape index (κ1) is 9.66. The molecule has 1 fully saturated rings. The number of nitrogens with one attached hydrogen (secondary N) is 1. The zero-order chi connectivity index (χ0) is 10.4. The quantitative estimate of drug-likeness (QED) is 0.761. The first-order valence-corrected chi connectivity index (χ1v) is 4.97.